The van der Waals surface area contributed by atoms with Crippen LogP contribution in [0, 0.1) is 0 Å². The first-order valence-electron chi connectivity index (χ1n) is 0.730. The topological polar surface area (TPSA) is 1110 Å². The zero-order valence-corrected chi connectivity index (χ0v) is 64.4. The third-order valence-electron chi connectivity index (χ3n) is 0. The van der Waals surface area contributed by atoms with Crippen LogP contribution in [-0.2, 0) is 454 Å². The summed E-state index contributed by atoms with van der Waals surface area (Å²) in [7, 11) is -5.39. The molecule has 0 aromatic rings. The Morgan fingerprint density at radius 1 is 0.161 bits per heavy atom. The third-order valence-corrected chi connectivity index (χ3v) is 0. The fourth-order valence-electron chi connectivity index (χ4n) is 0. The van der Waals surface area contributed by atoms with E-state index in [9.17, 15) is 0 Å². The molecule has 0 radical (unpaired) electrons. The minimum Gasteiger partial charge on any atom is -2.00 e. The molecule has 0 N–H and O–H groups in total. The summed E-state index contributed by atoms with van der Waals surface area (Å²) in [6.45, 7) is 0. The van der Waals surface area contributed by atoms with Gasteiger partial charge in [-0.05, 0) is 0 Å². The molecule has 0 aliphatic heterocycles. The maximum Gasteiger partial charge on any atom is 1.00 e. The number of rotatable bonds is 0. The van der Waals surface area contributed by atoms with Crippen LogP contribution in [0.15, 0.2) is 0 Å². The summed E-state index contributed by atoms with van der Waals surface area (Å²) in [4.78, 5) is 25.6. The summed E-state index contributed by atoms with van der Waals surface area (Å²) in [5, 5.41) is 0. The molecule has 0 fully saturated rings. The van der Waals surface area contributed by atoms with Crippen molar-refractivity contribution < 1.29 is 644 Å². The molecule has 0 bridgehead atoms. The van der Waals surface area contributed by atoms with Crippen LogP contribution in [0.3, 0.4) is 0 Å². The Morgan fingerprint density at radius 3 is 0.161 bits per heavy atom. The van der Waals surface area contributed by atoms with Gasteiger partial charge in [-0.1, -0.05) is 0 Å². The zero-order chi connectivity index (χ0) is 4.50. The van der Waals surface area contributed by atoms with Crippen LogP contribution in [0.1, 0.15) is 0 Å². The zero-order valence-electron chi connectivity index (χ0n) is 24.7. The van der Waals surface area contributed by atoms with Crippen molar-refractivity contribution in [2.75, 3.05) is 0 Å². The van der Waals surface area contributed by atoms with E-state index >= 15 is 0 Å². The van der Waals surface area contributed by atoms with E-state index in [0.717, 1.165) is 0 Å². The third kappa shape index (κ3) is 1860. The summed E-state index contributed by atoms with van der Waals surface area (Å²) in [5.41, 5.74) is 0. The first-order valence-corrected chi connectivity index (χ1v) is 2.19. The van der Waals surface area contributed by atoms with E-state index < -0.39 is 7.82 Å². The number of phosphoric acid groups is 1. The van der Waals surface area contributed by atoms with Crippen molar-refractivity contribution in [2.45, 2.75) is 0 Å². The van der Waals surface area contributed by atoms with Gasteiger partial charge in [0.15, 0.2) is 0 Å². The molecule has 0 amide bonds. The smallest absolute Gasteiger partial charge is 1.00 e. The van der Waals surface area contributed by atoms with Crippen LogP contribution in [0.2, 0.25) is 0 Å². The Balaban J connectivity index is -0.0000000000627. The Hall–Kier alpha value is 12.3. The van der Waals surface area contributed by atoms with Crippen LogP contribution in [0.5, 0.6) is 0 Å². The summed E-state index contributed by atoms with van der Waals surface area (Å²) < 4.78 is 8.55. The predicted octanol–water partition coefficient (Wildman–Crippen LogP) is -16.1. The Morgan fingerprint density at radius 2 is 0.161 bits per heavy atom. The Labute approximate surface area is 636 Å². The first-order chi connectivity index (χ1) is 2.00. The van der Waals surface area contributed by atoms with Crippen LogP contribution >= 0.6 is 7.82 Å². The van der Waals surface area contributed by atoms with Crippen molar-refractivity contribution in [2.24, 2.45) is 0 Å². The molecule has 0 aromatic carbocycles. The molecule has 392 valence electrons. The van der Waals surface area contributed by atoms with Crippen LogP contribution in [0.25, 0.3) is 0 Å². The molecule has 0 aliphatic carbocycles. The summed E-state index contributed by atoms with van der Waals surface area (Å²) in [6, 6.07) is 0. The summed E-state index contributed by atoms with van der Waals surface area (Å²) >= 11 is 0. The van der Waals surface area contributed by atoms with E-state index in [2.05, 4.69) is 0 Å². The van der Waals surface area contributed by atoms with Gasteiger partial charge in [0.05, 0.1) is 0 Å². The Kier molecular flexibility index (Phi) is 18200. The van der Waals surface area contributed by atoms with Gasteiger partial charge < -0.3 is 216 Å². The molecular formula is Mo12O40PRb3-72. The van der Waals surface area contributed by atoms with Crippen molar-refractivity contribution in [1.82, 2.24) is 0 Å². The molecule has 56 heteroatoms. The van der Waals surface area contributed by atoms with Gasteiger partial charge in [0.25, 0.3) is 0 Å². The van der Waals surface area contributed by atoms with E-state index in [1.54, 1.807) is 0 Å². The van der Waals surface area contributed by atoms with Gasteiger partial charge in [-0.15, -0.1) is 0 Å². The van der Waals surface area contributed by atoms with Crippen molar-refractivity contribution >= 4 is 7.82 Å². The normalized spacial score (nSPS) is 1.05. The monoisotopic (exact) mass is 2100 g/mol. The molecule has 0 saturated heterocycles. The SMILES string of the molecule is O=P([O-])([O-])[O-].[Mo].[Mo].[Mo].[Mo].[Mo].[Mo].[Mo].[Mo].[Mo].[Mo].[Mo].[Mo].[O-2].[O-2].[O-2].[O-2].[O-2].[O-2].[O-2].[O-2].[O-2].[O-2].[O-2].[O-2].[O-2].[O-2].[O-2].[O-2].[O-2].[O-2].[O-2].[O-2].[O-2].[O-2].[O-2].[O-2].[O-2].[O-2].[O-2].[O-2].[O-2].[O-2].[O-2].[O-2].[O-2].[O-2].[O-2].[O-2].[Rb+].[Rb+].[Rb+]. The van der Waals surface area contributed by atoms with E-state index in [1.165, 1.54) is 0 Å². The molecule has 56 heavy (non-hydrogen) atoms. The van der Waals surface area contributed by atoms with E-state index in [-0.39, 0.29) is 624 Å². The second-order valence-electron chi connectivity index (χ2n) is 0.447. The maximum atomic E-state index is 8.55. The van der Waals surface area contributed by atoms with Gasteiger partial charge in [-0.25, -0.2) is 0 Å². The first kappa shape index (κ1) is 1160. The van der Waals surface area contributed by atoms with Crippen molar-refractivity contribution in [3.63, 3.8) is 0 Å². The fraction of sp³-hybridized carbons (Fsp3) is 0. The van der Waals surface area contributed by atoms with Crippen molar-refractivity contribution in [3.05, 3.63) is 0 Å². The average Bonchev–Trinajstić information content (AvgIpc) is 0.722. The molecule has 0 unspecified atom stereocenters. The minimum absolute atomic E-state index is 0. The Bertz CT molecular complexity index is 111. The van der Waals surface area contributed by atoms with Gasteiger partial charge in [0.1, 0.15) is 0 Å². The van der Waals surface area contributed by atoms with E-state index in [1.807, 2.05) is 0 Å². The van der Waals surface area contributed by atoms with Gasteiger partial charge in [0.2, 0.25) is 0 Å². The molecular weight excluding hydrogens is 2080 g/mol. The van der Waals surface area contributed by atoms with Gasteiger partial charge >= 0.3 is 175 Å². The average molecular weight is 2080 g/mol. The van der Waals surface area contributed by atoms with Crippen LogP contribution < -0.4 is 189 Å². The standard InChI is InChI=1S/12Mo.H3O4P.36O.3Rb/c;;;;;;;;;;;;1-5(2,3)4;;;;;;;;;;;;;;;;;;;;;;;;;;;;;;;;;;;;;;;/h;;;;;;;;;;;;(H3,1,2,3,4);;;;;;;;;;;;;;;;;;;;;;;;;;;;;;;;;;;;;;;/q;;;;;;;;;;;;;36*-2;3*+1/p-3. The van der Waals surface area contributed by atoms with Gasteiger partial charge in [-0.2, -0.15) is 7.82 Å². The maximum absolute atomic E-state index is 8.55. The molecule has 40 nitrogen and oxygen atoms in total. The van der Waals surface area contributed by atoms with Crippen molar-refractivity contribution in [1.29, 1.82) is 0 Å². The molecule has 0 aromatic heterocycles. The van der Waals surface area contributed by atoms with Crippen LogP contribution in [0.4, 0.5) is 0 Å². The number of hydrogen-bond donors (Lipinski definition) is 0. The molecule has 0 heterocycles. The molecule has 0 aliphatic rings. The summed E-state index contributed by atoms with van der Waals surface area (Å²) in [5.74, 6) is 0. The molecule has 0 rings (SSSR count). The second kappa shape index (κ2) is 881. The molecule has 0 spiro atoms. The quantitative estimate of drug-likeness (QED) is 0.168. The molecule has 0 saturated carbocycles. The minimum atomic E-state index is -5.39. The van der Waals surface area contributed by atoms with E-state index in [4.69, 9.17) is 19.2 Å². The summed E-state index contributed by atoms with van der Waals surface area (Å²) in [6.07, 6.45) is 0. The molecule has 0 atom stereocenters. The fourth-order valence-corrected chi connectivity index (χ4v) is 0. The van der Waals surface area contributed by atoms with Crippen LogP contribution in [-0.4, -0.2) is 0 Å². The number of hydrogen-bond acceptors (Lipinski definition) is 4. The van der Waals surface area contributed by atoms with Gasteiger partial charge in [0, 0.05) is 253 Å². The predicted molar refractivity (Wildman–Crippen MR) is 32.3 cm³/mol. The van der Waals surface area contributed by atoms with Gasteiger partial charge in [-0.3, -0.25) is 0 Å². The van der Waals surface area contributed by atoms with E-state index in [0.29, 0.717) is 0 Å². The largest absolute Gasteiger partial charge is 2.00 e. The second-order valence-corrected chi connectivity index (χ2v) is 1.34. The van der Waals surface area contributed by atoms with Crippen molar-refractivity contribution in [3.8, 4) is 0 Å².